The molecule has 3 atom stereocenters. The summed E-state index contributed by atoms with van der Waals surface area (Å²) >= 11 is 0. The molecule has 3 amide bonds. The van der Waals surface area contributed by atoms with Crippen LogP contribution in [0.15, 0.2) is 95.0 Å². The van der Waals surface area contributed by atoms with Crippen molar-refractivity contribution in [2.75, 3.05) is 27.3 Å². The fourth-order valence-corrected chi connectivity index (χ4v) is 10.6. The monoisotopic (exact) mass is 963 g/mol. The smallest absolute Gasteiger partial charge is 0.324 e. The Balaban J connectivity index is 1.08. The maximum Gasteiger partial charge on any atom is 0.324 e. The molecule has 14 nitrogen and oxygen atoms in total. The lowest BCUT2D eigenvalue weighted by Crippen LogP contribution is -2.62. The summed E-state index contributed by atoms with van der Waals surface area (Å²) < 4.78 is 13.9. The predicted octanol–water partition coefficient (Wildman–Crippen LogP) is 8.81. The van der Waals surface area contributed by atoms with Crippen LogP contribution in [-0.4, -0.2) is 101 Å². The van der Waals surface area contributed by atoms with E-state index in [4.69, 9.17) is 14.5 Å². The van der Waals surface area contributed by atoms with Gasteiger partial charge in [-0.2, -0.15) is 0 Å². The van der Waals surface area contributed by atoms with Crippen molar-refractivity contribution in [2.24, 2.45) is 27.2 Å². The number of hydrazine groups is 1. The van der Waals surface area contributed by atoms with Crippen molar-refractivity contribution in [1.29, 1.82) is 0 Å². The van der Waals surface area contributed by atoms with E-state index in [2.05, 4.69) is 102 Å². The molecule has 2 aliphatic heterocycles. The van der Waals surface area contributed by atoms with Gasteiger partial charge in [0.1, 0.15) is 23.9 Å². The fraction of sp³-hybridized carbons (Fsp3) is 0.474. The van der Waals surface area contributed by atoms with Crippen LogP contribution in [0.3, 0.4) is 0 Å². The van der Waals surface area contributed by atoms with Crippen molar-refractivity contribution in [3.05, 3.63) is 107 Å². The van der Waals surface area contributed by atoms with Gasteiger partial charge in [-0.1, -0.05) is 90.1 Å². The molecule has 3 aliphatic rings. The Morgan fingerprint density at radius 1 is 1.01 bits per heavy atom. The van der Waals surface area contributed by atoms with Crippen LogP contribution in [0.5, 0.6) is 5.75 Å². The van der Waals surface area contributed by atoms with Gasteiger partial charge in [0.2, 0.25) is 11.8 Å². The number of pyridine rings is 1. The van der Waals surface area contributed by atoms with E-state index >= 15 is 0 Å². The van der Waals surface area contributed by atoms with E-state index in [9.17, 15) is 19.2 Å². The van der Waals surface area contributed by atoms with Gasteiger partial charge in [0.15, 0.2) is 0 Å². The minimum absolute atomic E-state index is 0.0982. The van der Waals surface area contributed by atoms with Gasteiger partial charge in [0, 0.05) is 66.1 Å². The lowest BCUT2D eigenvalue weighted by molar-refractivity contribution is -0.155. The highest BCUT2D eigenvalue weighted by Gasteiger charge is 2.42. The average Bonchev–Trinajstić information content (AvgIpc) is 3.65. The van der Waals surface area contributed by atoms with Crippen molar-refractivity contribution >= 4 is 40.6 Å². The number of rotatable bonds is 12. The minimum Gasteiger partial charge on any atom is -0.496 e. The van der Waals surface area contributed by atoms with Crippen LogP contribution >= 0.6 is 0 Å². The molecule has 0 spiro atoms. The van der Waals surface area contributed by atoms with Crippen LogP contribution < -0.4 is 15.5 Å². The number of carbonyl (C=O) groups is 4. The Morgan fingerprint density at radius 2 is 1.79 bits per heavy atom. The number of fused-ring (bicyclic) bond motifs is 6. The molecule has 3 aromatic carbocycles. The summed E-state index contributed by atoms with van der Waals surface area (Å²) in [5.74, 6) is -1.01. The standard InChI is InChI=1S/C57H70N8O6/c1-10-64-48-23-22-39-30-44(48)45(52(64)43-19-14-24-59-50(43)35(2)3)31-57(6,7)33-71-56(69)46-20-15-25-65(62-46)55(68)47(27-37-16-13-18-38(39)26-37)61-53(66)51(36(4)5)63(8)54(67)41-28-42(29-41)60-34-58-32-40-17-11-12-21-49(40)70-9/h11-14,16-19,21-24,26,30,35-36,41-42,46-47,51,62H,10,15,20,25,27-29,31-33H2,1-9H3,(H,61,66)/t41-,42-,46-,47-,51-/m0/s1. The zero-order valence-electron chi connectivity index (χ0n) is 42.8. The van der Waals surface area contributed by atoms with E-state index in [0.29, 0.717) is 45.2 Å². The first-order valence-electron chi connectivity index (χ1n) is 25.3. The van der Waals surface area contributed by atoms with Crippen LogP contribution in [0.4, 0.5) is 0 Å². The molecule has 1 aliphatic carbocycles. The fourth-order valence-electron chi connectivity index (χ4n) is 10.6. The number of nitrogens with zero attached hydrogens (tertiary/aromatic N) is 6. The number of hydrogen-bond acceptors (Lipinski definition) is 10. The summed E-state index contributed by atoms with van der Waals surface area (Å²) in [5, 5.41) is 5.69. The van der Waals surface area contributed by atoms with Gasteiger partial charge >= 0.3 is 5.97 Å². The Labute approximate surface area is 418 Å². The van der Waals surface area contributed by atoms with Crippen LogP contribution in [0.25, 0.3) is 33.3 Å². The first-order chi connectivity index (χ1) is 34.1. The van der Waals surface area contributed by atoms with Crippen molar-refractivity contribution in [3.8, 4) is 28.1 Å². The van der Waals surface area contributed by atoms with Gasteiger partial charge in [-0.05, 0) is 103 Å². The van der Waals surface area contributed by atoms with Gasteiger partial charge in [0.25, 0.3) is 5.91 Å². The van der Waals surface area contributed by atoms with Gasteiger partial charge < -0.3 is 24.3 Å². The number of nitrogens with one attached hydrogen (secondary N) is 2. The molecule has 6 bridgehead atoms. The van der Waals surface area contributed by atoms with E-state index in [1.165, 1.54) is 15.5 Å². The van der Waals surface area contributed by atoms with E-state index in [0.717, 1.165) is 62.4 Å². The summed E-state index contributed by atoms with van der Waals surface area (Å²) in [4.78, 5) is 72.6. The van der Waals surface area contributed by atoms with Crippen LogP contribution in [0.1, 0.15) is 102 Å². The van der Waals surface area contributed by atoms with Crippen molar-refractivity contribution < 1.29 is 28.7 Å². The quantitative estimate of drug-likeness (QED) is 0.0928. The summed E-state index contributed by atoms with van der Waals surface area (Å²) in [6.07, 6.45) is 4.77. The zero-order chi connectivity index (χ0) is 50.6. The molecule has 8 rings (SSSR count). The largest absolute Gasteiger partial charge is 0.496 e. The summed E-state index contributed by atoms with van der Waals surface area (Å²) in [6.45, 7) is 16.2. The minimum atomic E-state index is -1.02. The van der Waals surface area contributed by atoms with E-state index in [-0.39, 0.29) is 48.6 Å². The number of benzene rings is 3. The topological polar surface area (TPSA) is 160 Å². The number of aliphatic imine (C=N–C) groups is 2. The number of ether oxygens (including phenoxy) is 2. The molecule has 1 saturated carbocycles. The molecule has 2 fully saturated rings. The highest BCUT2D eigenvalue weighted by atomic mass is 16.5. The van der Waals surface area contributed by atoms with Crippen LogP contribution in [0, 0.1) is 17.3 Å². The van der Waals surface area contributed by atoms with Crippen molar-refractivity contribution in [3.63, 3.8) is 0 Å². The molecule has 1 saturated heterocycles. The van der Waals surface area contributed by atoms with Crippen molar-refractivity contribution in [2.45, 2.75) is 130 Å². The Bertz CT molecular complexity index is 2840. The molecular weight excluding hydrogens is 893 g/mol. The maximum absolute atomic E-state index is 14.8. The molecule has 0 radical (unpaired) electrons. The molecule has 5 aromatic rings. The number of methoxy groups -OCH3 is 1. The summed E-state index contributed by atoms with van der Waals surface area (Å²) in [5.41, 5.74) is 12.0. The van der Waals surface area contributed by atoms with Gasteiger partial charge in [-0.15, -0.1) is 0 Å². The molecule has 4 heterocycles. The summed E-state index contributed by atoms with van der Waals surface area (Å²) in [6, 6.07) is 26.6. The highest BCUT2D eigenvalue weighted by Crippen LogP contribution is 2.42. The van der Waals surface area contributed by atoms with E-state index in [1.807, 2.05) is 62.5 Å². The number of para-hydroxylation sites is 1. The SMILES string of the molecule is CCn1c(-c2cccnc2C(C)C)c2c3cc(ccc31)-c1cccc(c1)C[C@H](NC(=O)[C@H](C(C)C)N(C)C(=O)[C@H]1C[C@H](N=C=NCc3ccccc3OC)C1)C(=O)N1CCC[C@H](N1)C(=O)OCC(C)(C)C2. The third-order valence-electron chi connectivity index (χ3n) is 14.3. The molecule has 0 unspecified atom stereocenters. The lowest BCUT2D eigenvalue weighted by atomic mass is 9.79. The number of likely N-dealkylation sites (N-methyl/N-ethyl adjacent to an activating group) is 1. The Kier molecular flexibility index (Phi) is 15.6. The molecule has 374 valence electrons. The van der Waals surface area contributed by atoms with E-state index in [1.54, 1.807) is 14.2 Å². The number of aromatic nitrogens is 2. The Hall–Kier alpha value is -6.63. The first-order valence-corrected chi connectivity index (χ1v) is 25.3. The lowest BCUT2D eigenvalue weighted by Gasteiger charge is -2.39. The average molecular weight is 963 g/mol. The van der Waals surface area contributed by atoms with E-state index < -0.39 is 35.4 Å². The number of esters is 1. The number of carbonyl (C=O) groups excluding carboxylic acids is 4. The number of cyclic esters (lactones) is 1. The molecule has 2 N–H and O–H groups in total. The summed E-state index contributed by atoms with van der Waals surface area (Å²) in [7, 11) is 3.29. The third-order valence-corrected chi connectivity index (χ3v) is 14.3. The predicted molar refractivity (Wildman–Crippen MR) is 277 cm³/mol. The first kappa shape index (κ1) is 50.7. The van der Waals surface area contributed by atoms with Crippen LogP contribution in [0.2, 0.25) is 0 Å². The third kappa shape index (κ3) is 11.1. The van der Waals surface area contributed by atoms with Gasteiger partial charge in [0.05, 0.1) is 43.7 Å². The van der Waals surface area contributed by atoms with Crippen molar-refractivity contribution in [1.82, 2.24) is 30.2 Å². The van der Waals surface area contributed by atoms with Gasteiger partial charge in [-0.3, -0.25) is 29.2 Å². The second-order valence-corrected chi connectivity index (χ2v) is 20.9. The number of aryl methyl sites for hydroxylation is 1. The maximum atomic E-state index is 14.8. The molecule has 71 heavy (non-hydrogen) atoms. The Morgan fingerprint density at radius 3 is 2.54 bits per heavy atom. The van der Waals surface area contributed by atoms with Gasteiger partial charge in [-0.25, -0.2) is 15.4 Å². The molecular formula is C57H70N8O6. The second kappa shape index (κ2) is 21.8. The normalized spacial score (nSPS) is 20.6. The molecule has 14 heteroatoms. The molecule has 2 aromatic heterocycles. The second-order valence-electron chi connectivity index (χ2n) is 20.9. The van der Waals surface area contributed by atoms with Crippen LogP contribution in [-0.2, 0) is 49.8 Å². The highest BCUT2D eigenvalue weighted by molar-refractivity contribution is 5.96. The number of amides is 3. The number of hydrogen-bond donors (Lipinski definition) is 2. The zero-order valence-corrected chi connectivity index (χ0v) is 42.8.